The van der Waals surface area contributed by atoms with Gasteiger partial charge in [-0.1, -0.05) is 0 Å². The van der Waals surface area contributed by atoms with Crippen LogP contribution in [0.2, 0.25) is 0 Å². The third-order valence-corrected chi connectivity index (χ3v) is 6.24. The van der Waals surface area contributed by atoms with Crippen LogP contribution in [0.3, 0.4) is 0 Å². The summed E-state index contributed by atoms with van der Waals surface area (Å²) in [6.07, 6.45) is 5.99. The van der Waals surface area contributed by atoms with E-state index in [0.29, 0.717) is 0 Å². The summed E-state index contributed by atoms with van der Waals surface area (Å²) in [4.78, 5) is 2.47. The third kappa shape index (κ3) is 4.98. The molecule has 0 unspecified atom stereocenters. The van der Waals surface area contributed by atoms with Crippen molar-refractivity contribution in [2.45, 2.75) is 32.1 Å². The van der Waals surface area contributed by atoms with Crippen LogP contribution in [0.5, 0.6) is 0 Å². The highest BCUT2D eigenvalue weighted by Crippen LogP contribution is 2.29. The van der Waals surface area contributed by atoms with Gasteiger partial charge in [0.1, 0.15) is 0 Å². The molecule has 2 fully saturated rings. The standard InChI is InChI=1S/C14H29N3O2S/c1-15-20(18,19)11-3-10-17-9-2-4-14(12-17)13-5-7-16-8-6-13/h13-16H,2-12H2,1H3/t14-/m0/s1. The molecule has 0 saturated carbocycles. The SMILES string of the molecule is CNS(=O)(=O)CCCN1CCC[C@H](C2CCNCC2)C1. The number of nitrogens with one attached hydrogen (secondary N) is 2. The van der Waals surface area contributed by atoms with Gasteiger partial charge in [0.2, 0.25) is 10.0 Å². The molecule has 2 N–H and O–H groups in total. The lowest BCUT2D eigenvalue weighted by Crippen LogP contribution is -2.42. The van der Waals surface area contributed by atoms with Crippen molar-refractivity contribution in [3.63, 3.8) is 0 Å². The molecule has 0 aliphatic carbocycles. The van der Waals surface area contributed by atoms with Gasteiger partial charge in [-0.3, -0.25) is 0 Å². The second-order valence-electron chi connectivity index (χ2n) is 6.17. The quantitative estimate of drug-likeness (QED) is 0.756. The summed E-state index contributed by atoms with van der Waals surface area (Å²) >= 11 is 0. The molecule has 0 bridgehead atoms. The van der Waals surface area contributed by atoms with Crippen LogP contribution in [0.4, 0.5) is 0 Å². The molecule has 0 aromatic heterocycles. The molecule has 0 radical (unpaired) electrons. The van der Waals surface area contributed by atoms with E-state index in [-0.39, 0.29) is 5.75 Å². The Morgan fingerprint density at radius 3 is 2.65 bits per heavy atom. The molecular formula is C14H29N3O2S. The number of nitrogens with zero attached hydrogens (tertiary/aromatic N) is 1. The van der Waals surface area contributed by atoms with Gasteiger partial charge in [-0.15, -0.1) is 0 Å². The van der Waals surface area contributed by atoms with E-state index in [2.05, 4.69) is 14.9 Å². The molecule has 2 aliphatic heterocycles. The Morgan fingerprint density at radius 1 is 1.20 bits per heavy atom. The molecule has 2 heterocycles. The Kier molecular flexibility index (Phi) is 6.26. The van der Waals surface area contributed by atoms with Crippen molar-refractivity contribution in [3.05, 3.63) is 0 Å². The van der Waals surface area contributed by atoms with Gasteiger partial charge < -0.3 is 10.2 Å². The highest BCUT2D eigenvalue weighted by molar-refractivity contribution is 7.89. The summed E-state index contributed by atoms with van der Waals surface area (Å²) in [6.45, 7) is 5.57. The molecule has 0 amide bonds. The molecule has 0 spiro atoms. The van der Waals surface area contributed by atoms with Crippen LogP contribution in [0.15, 0.2) is 0 Å². The molecule has 0 aromatic carbocycles. The van der Waals surface area contributed by atoms with Crippen LogP contribution < -0.4 is 10.0 Å². The van der Waals surface area contributed by atoms with Crippen LogP contribution in [-0.2, 0) is 10.0 Å². The lowest BCUT2D eigenvalue weighted by molar-refractivity contribution is 0.118. The summed E-state index contributed by atoms with van der Waals surface area (Å²) in [6, 6.07) is 0. The van der Waals surface area contributed by atoms with E-state index in [1.165, 1.54) is 52.4 Å². The van der Waals surface area contributed by atoms with Crippen LogP contribution in [0.25, 0.3) is 0 Å². The molecule has 2 aliphatic rings. The van der Waals surface area contributed by atoms with Gasteiger partial charge in [-0.2, -0.15) is 0 Å². The van der Waals surface area contributed by atoms with E-state index in [9.17, 15) is 8.42 Å². The van der Waals surface area contributed by atoms with Gasteiger partial charge >= 0.3 is 0 Å². The van der Waals surface area contributed by atoms with Crippen molar-refractivity contribution in [3.8, 4) is 0 Å². The number of sulfonamides is 1. The Labute approximate surface area is 123 Å². The van der Waals surface area contributed by atoms with Crippen molar-refractivity contribution in [2.24, 2.45) is 11.8 Å². The summed E-state index contributed by atoms with van der Waals surface area (Å²) in [5.74, 6) is 1.95. The normalized spacial score (nSPS) is 26.8. The van der Waals surface area contributed by atoms with Gasteiger partial charge in [-0.05, 0) is 77.2 Å². The van der Waals surface area contributed by atoms with E-state index in [1.807, 2.05) is 0 Å². The highest BCUT2D eigenvalue weighted by atomic mass is 32.2. The number of piperidine rings is 2. The van der Waals surface area contributed by atoms with E-state index < -0.39 is 10.0 Å². The van der Waals surface area contributed by atoms with Gasteiger partial charge in [0, 0.05) is 6.54 Å². The predicted molar refractivity (Wildman–Crippen MR) is 82.2 cm³/mol. The molecule has 5 nitrogen and oxygen atoms in total. The van der Waals surface area contributed by atoms with Crippen LogP contribution >= 0.6 is 0 Å². The smallest absolute Gasteiger partial charge is 0.211 e. The molecule has 0 aromatic rings. The van der Waals surface area contributed by atoms with Gasteiger partial charge in [0.15, 0.2) is 0 Å². The summed E-state index contributed by atoms with van der Waals surface area (Å²) in [5.41, 5.74) is 0. The Bertz CT molecular complexity index is 380. The van der Waals surface area contributed by atoms with E-state index >= 15 is 0 Å². The zero-order valence-electron chi connectivity index (χ0n) is 12.6. The van der Waals surface area contributed by atoms with Crippen LogP contribution in [0.1, 0.15) is 32.1 Å². The maximum atomic E-state index is 11.4. The Morgan fingerprint density at radius 2 is 1.95 bits per heavy atom. The zero-order valence-corrected chi connectivity index (χ0v) is 13.4. The molecule has 6 heteroatoms. The summed E-state index contributed by atoms with van der Waals surface area (Å²) in [5, 5.41) is 3.44. The minimum Gasteiger partial charge on any atom is -0.317 e. The van der Waals surface area contributed by atoms with Crippen molar-refractivity contribution in [1.29, 1.82) is 0 Å². The lowest BCUT2D eigenvalue weighted by Gasteiger charge is -2.38. The second-order valence-corrected chi connectivity index (χ2v) is 8.21. The fourth-order valence-electron chi connectivity index (χ4n) is 3.58. The number of rotatable bonds is 6. The van der Waals surface area contributed by atoms with Crippen LogP contribution in [-0.4, -0.2) is 58.8 Å². The molecule has 2 rings (SSSR count). The van der Waals surface area contributed by atoms with Crippen molar-refractivity contribution >= 4 is 10.0 Å². The first-order chi connectivity index (χ1) is 9.61. The van der Waals surface area contributed by atoms with E-state index in [4.69, 9.17) is 0 Å². The molecule has 20 heavy (non-hydrogen) atoms. The predicted octanol–water partition coefficient (Wildman–Crippen LogP) is 0.637. The van der Waals surface area contributed by atoms with Gasteiger partial charge in [0.05, 0.1) is 5.75 Å². The minimum atomic E-state index is -3.04. The monoisotopic (exact) mass is 303 g/mol. The highest BCUT2D eigenvalue weighted by Gasteiger charge is 2.28. The first kappa shape index (κ1) is 16.2. The fourth-order valence-corrected chi connectivity index (χ4v) is 4.29. The average Bonchev–Trinajstić information content (AvgIpc) is 2.48. The molecule has 2 saturated heterocycles. The molecular weight excluding hydrogens is 274 g/mol. The average molecular weight is 303 g/mol. The Hall–Kier alpha value is -0.170. The maximum Gasteiger partial charge on any atom is 0.211 e. The minimum absolute atomic E-state index is 0.248. The van der Waals surface area contributed by atoms with Crippen molar-refractivity contribution in [2.75, 3.05) is 45.5 Å². The molecule has 118 valence electrons. The van der Waals surface area contributed by atoms with Crippen LogP contribution in [0, 0.1) is 11.8 Å². The van der Waals surface area contributed by atoms with Crippen molar-refractivity contribution < 1.29 is 8.42 Å². The lowest BCUT2D eigenvalue weighted by atomic mass is 9.80. The second kappa shape index (κ2) is 7.73. The largest absolute Gasteiger partial charge is 0.317 e. The maximum absolute atomic E-state index is 11.4. The molecule has 1 atom stereocenters. The topological polar surface area (TPSA) is 61.4 Å². The summed E-state index contributed by atoms with van der Waals surface area (Å²) in [7, 11) is -1.55. The number of hydrogen-bond donors (Lipinski definition) is 2. The van der Waals surface area contributed by atoms with E-state index in [1.54, 1.807) is 0 Å². The number of hydrogen-bond acceptors (Lipinski definition) is 4. The Balaban J connectivity index is 1.73. The summed E-state index contributed by atoms with van der Waals surface area (Å²) < 4.78 is 25.2. The third-order valence-electron chi connectivity index (χ3n) is 4.79. The zero-order chi connectivity index (χ0) is 14.4. The van der Waals surface area contributed by atoms with Gasteiger partial charge in [-0.25, -0.2) is 13.1 Å². The fraction of sp³-hybridized carbons (Fsp3) is 1.00. The first-order valence-corrected chi connectivity index (χ1v) is 9.60. The van der Waals surface area contributed by atoms with E-state index in [0.717, 1.165) is 31.3 Å². The first-order valence-electron chi connectivity index (χ1n) is 7.95. The van der Waals surface area contributed by atoms with Gasteiger partial charge in [0.25, 0.3) is 0 Å². The number of likely N-dealkylation sites (tertiary alicyclic amines) is 1. The van der Waals surface area contributed by atoms with Crippen molar-refractivity contribution in [1.82, 2.24) is 14.9 Å².